The molecule has 0 fully saturated rings. The summed E-state index contributed by atoms with van der Waals surface area (Å²) < 4.78 is 31.9. The summed E-state index contributed by atoms with van der Waals surface area (Å²) in [4.78, 5) is 0. The topological polar surface area (TPSA) is 35.2 Å². The van der Waals surface area contributed by atoms with E-state index in [-0.39, 0.29) is 12.2 Å². The molecule has 0 aliphatic rings. The maximum Gasteiger partial charge on any atom is 0.131 e. The zero-order valence-electron chi connectivity index (χ0n) is 8.89. The smallest absolute Gasteiger partial charge is 0.131 e. The molecule has 0 saturated carbocycles. The minimum atomic E-state index is -1.15. The van der Waals surface area contributed by atoms with Crippen molar-refractivity contribution in [3.05, 3.63) is 35.4 Å². The number of ether oxygens (including phenoxy) is 1. The van der Waals surface area contributed by atoms with Gasteiger partial charge < -0.3 is 10.5 Å². The molecule has 1 rings (SSSR count). The van der Waals surface area contributed by atoms with Gasteiger partial charge in [0.25, 0.3) is 0 Å². The Morgan fingerprint density at radius 1 is 1.33 bits per heavy atom. The number of nitrogens with two attached hydrogens (primary N) is 1. The van der Waals surface area contributed by atoms with E-state index in [1.54, 1.807) is 13.8 Å². The van der Waals surface area contributed by atoms with Crippen LogP contribution in [-0.2, 0) is 10.3 Å². The summed E-state index contributed by atoms with van der Waals surface area (Å²) in [5.74, 6) is -1.28. The van der Waals surface area contributed by atoms with Crippen molar-refractivity contribution in [3.63, 3.8) is 0 Å². The average molecular weight is 215 g/mol. The molecule has 0 aromatic heterocycles. The first-order valence-corrected chi connectivity index (χ1v) is 4.80. The van der Waals surface area contributed by atoms with Gasteiger partial charge in [-0.2, -0.15) is 0 Å². The molecule has 0 radical (unpaired) electrons. The Kier molecular flexibility index (Phi) is 3.77. The van der Waals surface area contributed by atoms with Gasteiger partial charge in [-0.1, -0.05) is 6.07 Å². The van der Waals surface area contributed by atoms with Gasteiger partial charge in [-0.15, -0.1) is 0 Å². The molecule has 1 aromatic carbocycles. The van der Waals surface area contributed by atoms with Crippen molar-refractivity contribution in [1.82, 2.24) is 0 Å². The quantitative estimate of drug-likeness (QED) is 0.835. The van der Waals surface area contributed by atoms with E-state index in [0.717, 1.165) is 0 Å². The van der Waals surface area contributed by atoms with E-state index in [9.17, 15) is 8.78 Å². The van der Waals surface area contributed by atoms with Gasteiger partial charge in [0.2, 0.25) is 0 Å². The van der Waals surface area contributed by atoms with Crippen LogP contribution in [0.4, 0.5) is 8.78 Å². The molecule has 0 spiro atoms. The molecule has 4 heteroatoms. The van der Waals surface area contributed by atoms with E-state index in [4.69, 9.17) is 10.5 Å². The Labute approximate surface area is 88.0 Å². The van der Waals surface area contributed by atoms with Crippen LogP contribution in [0.1, 0.15) is 19.4 Å². The Bertz CT molecular complexity index is 319. The fourth-order valence-electron chi connectivity index (χ4n) is 1.43. The highest BCUT2D eigenvalue weighted by atomic mass is 19.1. The number of rotatable bonds is 4. The summed E-state index contributed by atoms with van der Waals surface area (Å²) in [5.41, 5.74) is 4.55. The molecule has 2 nitrogen and oxygen atoms in total. The van der Waals surface area contributed by atoms with Gasteiger partial charge in [0.1, 0.15) is 11.6 Å². The molecule has 1 aromatic rings. The summed E-state index contributed by atoms with van der Waals surface area (Å²) in [5, 5.41) is 0. The van der Waals surface area contributed by atoms with Crippen molar-refractivity contribution >= 4 is 0 Å². The van der Waals surface area contributed by atoms with Gasteiger partial charge in [-0.25, -0.2) is 8.78 Å². The molecular weight excluding hydrogens is 200 g/mol. The molecule has 15 heavy (non-hydrogen) atoms. The van der Waals surface area contributed by atoms with E-state index in [2.05, 4.69) is 0 Å². The molecule has 1 unspecified atom stereocenters. The third-order valence-corrected chi connectivity index (χ3v) is 2.14. The molecule has 0 aliphatic heterocycles. The summed E-state index contributed by atoms with van der Waals surface area (Å²) in [6.45, 7) is 3.89. The maximum atomic E-state index is 13.4. The van der Waals surface area contributed by atoms with Crippen LogP contribution in [0.3, 0.4) is 0 Å². The van der Waals surface area contributed by atoms with Crippen LogP contribution in [0.5, 0.6) is 0 Å². The van der Waals surface area contributed by atoms with Crippen molar-refractivity contribution < 1.29 is 13.5 Å². The second-order valence-electron chi connectivity index (χ2n) is 3.65. The lowest BCUT2D eigenvalue weighted by Gasteiger charge is -2.25. The fraction of sp³-hybridized carbons (Fsp3) is 0.455. The van der Waals surface area contributed by atoms with E-state index in [0.29, 0.717) is 6.61 Å². The predicted molar refractivity (Wildman–Crippen MR) is 54.4 cm³/mol. The van der Waals surface area contributed by atoms with Gasteiger partial charge in [0, 0.05) is 12.2 Å². The Morgan fingerprint density at radius 2 is 1.87 bits per heavy atom. The van der Waals surface area contributed by atoms with Gasteiger partial charge in [-0.3, -0.25) is 0 Å². The number of benzene rings is 1. The van der Waals surface area contributed by atoms with Crippen molar-refractivity contribution in [2.24, 2.45) is 5.73 Å². The van der Waals surface area contributed by atoms with Gasteiger partial charge in [-0.05, 0) is 26.0 Å². The first-order valence-electron chi connectivity index (χ1n) is 4.80. The SMILES string of the molecule is CCOCC(C)(N)c1c(F)cccc1F. The van der Waals surface area contributed by atoms with Crippen LogP contribution in [0.25, 0.3) is 0 Å². The first kappa shape index (κ1) is 12.1. The van der Waals surface area contributed by atoms with Gasteiger partial charge >= 0.3 is 0 Å². The molecule has 0 bridgehead atoms. The van der Waals surface area contributed by atoms with Crippen LogP contribution in [0, 0.1) is 11.6 Å². The van der Waals surface area contributed by atoms with Crippen LogP contribution in [0.2, 0.25) is 0 Å². The van der Waals surface area contributed by atoms with Crippen molar-refractivity contribution in [1.29, 1.82) is 0 Å². The normalized spacial score (nSPS) is 15.0. The van der Waals surface area contributed by atoms with Gasteiger partial charge in [0.05, 0.1) is 12.1 Å². The van der Waals surface area contributed by atoms with E-state index in [1.165, 1.54) is 18.2 Å². The summed E-state index contributed by atoms with van der Waals surface area (Å²) >= 11 is 0. The maximum absolute atomic E-state index is 13.4. The average Bonchev–Trinajstić information content (AvgIpc) is 2.14. The minimum absolute atomic E-state index is 0.0847. The van der Waals surface area contributed by atoms with Crippen LogP contribution < -0.4 is 5.73 Å². The molecule has 1 atom stereocenters. The van der Waals surface area contributed by atoms with Crippen molar-refractivity contribution in [2.45, 2.75) is 19.4 Å². The monoisotopic (exact) mass is 215 g/mol. The predicted octanol–water partition coefficient (Wildman–Crippen LogP) is 2.18. The van der Waals surface area contributed by atoms with Gasteiger partial charge in [0.15, 0.2) is 0 Å². The third-order valence-electron chi connectivity index (χ3n) is 2.14. The lowest BCUT2D eigenvalue weighted by atomic mass is 9.93. The summed E-state index contributed by atoms with van der Waals surface area (Å²) in [6.07, 6.45) is 0. The van der Waals surface area contributed by atoms with Crippen LogP contribution in [-0.4, -0.2) is 13.2 Å². The molecule has 2 N–H and O–H groups in total. The molecule has 0 aliphatic carbocycles. The number of hydrogen-bond acceptors (Lipinski definition) is 2. The Hall–Kier alpha value is -1.00. The van der Waals surface area contributed by atoms with E-state index < -0.39 is 17.2 Å². The van der Waals surface area contributed by atoms with Crippen molar-refractivity contribution in [2.75, 3.05) is 13.2 Å². The molecule has 0 heterocycles. The Balaban J connectivity index is 3.03. The standard InChI is InChI=1S/C11H15F2NO/c1-3-15-7-11(2,14)10-8(12)5-4-6-9(10)13/h4-6H,3,7,14H2,1-2H3. The second-order valence-corrected chi connectivity index (χ2v) is 3.65. The lowest BCUT2D eigenvalue weighted by molar-refractivity contribution is 0.0977. The number of hydrogen-bond donors (Lipinski definition) is 1. The van der Waals surface area contributed by atoms with E-state index >= 15 is 0 Å². The van der Waals surface area contributed by atoms with E-state index in [1.807, 2.05) is 0 Å². The zero-order chi connectivity index (χ0) is 11.5. The molecular formula is C11H15F2NO. The van der Waals surface area contributed by atoms with Crippen LogP contribution in [0.15, 0.2) is 18.2 Å². The largest absolute Gasteiger partial charge is 0.379 e. The summed E-state index contributed by atoms with van der Waals surface area (Å²) in [7, 11) is 0. The lowest BCUT2D eigenvalue weighted by Crippen LogP contribution is -2.40. The molecule has 0 amide bonds. The fourth-order valence-corrected chi connectivity index (χ4v) is 1.43. The molecule has 84 valence electrons. The minimum Gasteiger partial charge on any atom is -0.379 e. The molecule has 0 saturated heterocycles. The van der Waals surface area contributed by atoms with Crippen molar-refractivity contribution in [3.8, 4) is 0 Å². The number of halogens is 2. The Morgan fingerprint density at radius 3 is 2.33 bits per heavy atom. The highest BCUT2D eigenvalue weighted by Crippen LogP contribution is 2.24. The van der Waals surface area contributed by atoms with Crippen LogP contribution >= 0.6 is 0 Å². The zero-order valence-corrected chi connectivity index (χ0v) is 8.89. The second kappa shape index (κ2) is 4.68. The first-order chi connectivity index (χ1) is 6.99. The third kappa shape index (κ3) is 2.73. The highest BCUT2D eigenvalue weighted by Gasteiger charge is 2.28. The highest BCUT2D eigenvalue weighted by molar-refractivity contribution is 5.27. The summed E-state index contributed by atoms with van der Waals surface area (Å²) in [6, 6.07) is 3.69.